The fourth-order valence-corrected chi connectivity index (χ4v) is 3.07. The van der Waals surface area contributed by atoms with Gasteiger partial charge in [-0.25, -0.2) is 4.98 Å². The molecule has 0 saturated carbocycles. The number of halogens is 1. The Morgan fingerprint density at radius 3 is 2.96 bits per heavy atom. The molecule has 1 aliphatic rings. The normalized spacial score (nSPS) is 17.3. The molecule has 1 atom stereocenters. The van der Waals surface area contributed by atoms with Gasteiger partial charge in [0.2, 0.25) is 0 Å². The number of H-pyrrole nitrogens is 1. The zero-order valence-electron chi connectivity index (χ0n) is 12.9. The first-order valence-electron chi connectivity index (χ1n) is 7.88. The van der Waals surface area contributed by atoms with Gasteiger partial charge in [-0.1, -0.05) is 23.7 Å². The molecule has 4 rings (SSSR count). The number of ether oxygens (including phenoxy) is 1. The van der Waals surface area contributed by atoms with Gasteiger partial charge in [-0.3, -0.25) is 4.79 Å². The van der Waals surface area contributed by atoms with E-state index in [4.69, 9.17) is 16.3 Å². The van der Waals surface area contributed by atoms with Gasteiger partial charge >= 0.3 is 0 Å². The molecule has 5 nitrogen and oxygen atoms in total. The molecule has 0 bridgehead atoms. The Labute approximate surface area is 144 Å². The van der Waals surface area contributed by atoms with E-state index in [-0.39, 0.29) is 12.0 Å². The molecule has 122 valence electrons. The number of anilines is 1. The number of carbonyl (C=O) groups excluding carboxylic acids is 1. The number of aromatic amines is 1. The van der Waals surface area contributed by atoms with Gasteiger partial charge in [0.25, 0.3) is 5.91 Å². The first-order chi connectivity index (χ1) is 11.7. The topological polar surface area (TPSA) is 67.0 Å². The summed E-state index contributed by atoms with van der Waals surface area (Å²) in [5, 5.41) is 3.52. The van der Waals surface area contributed by atoms with Gasteiger partial charge in [0.05, 0.1) is 16.7 Å². The molecule has 2 aromatic carbocycles. The number of nitrogens with one attached hydrogen (secondary N) is 2. The van der Waals surface area contributed by atoms with Gasteiger partial charge in [-0.15, -0.1) is 0 Å². The molecular weight excluding hydrogens is 326 g/mol. The molecule has 3 aromatic rings. The zero-order chi connectivity index (χ0) is 16.5. The number of nitrogens with zero attached hydrogens (tertiary/aromatic N) is 1. The second kappa shape index (κ2) is 6.26. The minimum atomic E-state index is -0.385. The molecule has 1 saturated heterocycles. The molecule has 0 unspecified atom stereocenters. The number of rotatable bonds is 3. The van der Waals surface area contributed by atoms with E-state index in [9.17, 15) is 4.79 Å². The summed E-state index contributed by atoms with van der Waals surface area (Å²) in [6, 6.07) is 13.1. The zero-order valence-corrected chi connectivity index (χ0v) is 13.6. The van der Waals surface area contributed by atoms with E-state index in [1.807, 2.05) is 24.3 Å². The lowest BCUT2D eigenvalue weighted by Crippen LogP contribution is -2.27. The second-order valence-corrected chi connectivity index (χ2v) is 6.22. The predicted molar refractivity (Wildman–Crippen MR) is 94.1 cm³/mol. The van der Waals surface area contributed by atoms with E-state index in [0.717, 1.165) is 29.4 Å². The van der Waals surface area contributed by atoms with Crippen molar-refractivity contribution in [3.05, 3.63) is 47.5 Å². The van der Waals surface area contributed by atoms with E-state index in [0.29, 0.717) is 23.1 Å². The SMILES string of the molecule is O=C(Nc1ccc(Cl)cc1-c1nc2ccccc2[nH]1)[C@@H]1CCCO1. The Morgan fingerprint density at radius 1 is 1.29 bits per heavy atom. The molecule has 1 aliphatic heterocycles. The molecule has 1 fully saturated rings. The van der Waals surface area contributed by atoms with Gasteiger partial charge in [-0.05, 0) is 43.2 Å². The van der Waals surface area contributed by atoms with E-state index in [2.05, 4.69) is 15.3 Å². The lowest BCUT2D eigenvalue weighted by molar-refractivity contribution is -0.124. The third kappa shape index (κ3) is 2.88. The number of benzene rings is 2. The van der Waals surface area contributed by atoms with Crippen LogP contribution in [0.1, 0.15) is 12.8 Å². The molecule has 0 aliphatic carbocycles. The fourth-order valence-electron chi connectivity index (χ4n) is 2.90. The quantitative estimate of drug-likeness (QED) is 0.756. The highest BCUT2D eigenvalue weighted by molar-refractivity contribution is 6.31. The third-order valence-electron chi connectivity index (χ3n) is 4.11. The number of hydrogen-bond donors (Lipinski definition) is 2. The summed E-state index contributed by atoms with van der Waals surface area (Å²) in [7, 11) is 0. The van der Waals surface area contributed by atoms with Crippen LogP contribution in [0.25, 0.3) is 22.4 Å². The Balaban J connectivity index is 1.71. The summed E-state index contributed by atoms with van der Waals surface area (Å²) in [6.45, 7) is 0.634. The molecule has 1 aromatic heterocycles. The van der Waals surface area contributed by atoms with Crippen LogP contribution < -0.4 is 5.32 Å². The van der Waals surface area contributed by atoms with E-state index in [1.54, 1.807) is 18.2 Å². The Bertz CT molecular complexity index is 867. The van der Waals surface area contributed by atoms with Crippen LogP contribution >= 0.6 is 11.6 Å². The Kier molecular flexibility index (Phi) is 3.96. The molecule has 2 N–H and O–H groups in total. The van der Waals surface area contributed by atoms with Crippen molar-refractivity contribution in [1.29, 1.82) is 0 Å². The highest BCUT2D eigenvalue weighted by atomic mass is 35.5. The summed E-state index contributed by atoms with van der Waals surface area (Å²) < 4.78 is 5.44. The number of amides is 1. The van der Waals surface area contributed by atoms with E-state index in [1.165, 1.54) is 0 Å². The third-order valence-corrected chi connectivity index (χ3v) is 4.34. The van der Waals surface area contributed by atoms with Gasteiger partial charge in [0, 0.05) is 17.2 Å². The van der Waals surface area contributed by atoms with Gasteiger partial charge in [0.1, 0.15) is 11.9 Å². The Hall–Kier alpha value is -2.37. The highest BCUT2D eigenvalue weighted by Crippen LogP contribution is 2.31. The van der Waals surface area contributed by atoms with Crippen LogP contribution in [0.4, 0.5) is 5.69 Å². The van der Waals surface area contributed by atoms with Crippen LogP contribution in [0, 0.1) is 0 Å². The van der Waals surface area contributed by atoms with Crippen LogP contribution in [-0.4, -0.2) is 28.6 Å². The highest BCUT2D eigenvalue weighted by Gasteiger charge is 2.24. The van der Waals surface area contributed by atoms with E-state index >= 15 is 0 Å². The van der Waals surface area contributed by atoms with Crippen molar-refractivity contribution in [2.24, 2.45) is 0 Å². The number of aromatic nitrogens is 2. The summed E-state index contributed by atoms with van der Waals surface area (Å²) in [5.74, 6) is 0.536. The molecular formula is C18H16ClN3O2. The van der Waals surface area contributed by atoms with Gasteiger partial charge < -0.3 is 15.0 Å². The summed E-state index contributed by atoms with van der Waals surface area (Å²) in [5.41, 5.74) is 3.22. The number of imidazole rings is 1. The number of hydrogen-bond acceptors (Lipinski definition) is 3. The van der Waals surface area contributed by atoms with Gasteiger partial charge in [0.15, 0.2) is 0 Å². The minimum Gasteiger partial charge on any atom is -0.368 e. The van der Waals surface area contributed by atoms with Crippen LogP contribution in [-0.2, 0) is 9.53 Å². The van der Waals surface area contributed by atoms with Gasteiger partial charge in [-0.2, -0.15) is 0 Å². The fraction of sp³-hybridized carbons (Fsp3) is 0.222. The predicted octanol–water partition coefficient (Wildman–Crippen LogP) is 4.00. The summed E-state index contributed by atoms with van der Waals surface area (Å²) in [4.78, 5) is 20.2. The average Bonchev–Trinajstić information content (AvgIpc) is 3.25. The largest absolute Gasteiger partial charge is 0.368 e. The van der Waals surface area contributed by atoms with Crippen molar-refractivity contribution in [2.45, 2.75) is 18.9 Å². The Morgan fingerprint density at radius 2 is 2.17 bits per heavy atom. The average molecular weight is 342 g/mol. The molecule has 1 amide bonds. The van der Waals surface area contributed by atoms with Crippen molar-refractivity contribution in [2.75, 3.05) is 11.9 Å². The van der Waals surface area contributed by atoms with Crippen LogP contribution in [0.2, 0.25) is 5.02 Å². The van der Waals surface area contributed by atoms with E-state index < -0.39 is 0 Å². The maximum absolute atomic E-state index is 12.4. The maximum atomic E-state index is 12.4. The minimum absolute atomic E-state index is 0.132. The monoisotopic (exact) mass is 341 g/mol. The van der Waals surface area contributed by atoms with Crippen LogP contribution in [0.5, 0.6) is 0 Å². The number of fused-ring (bicyclic) bond motifs is 1. The van der Waals surface area contributed by atoms with Crippen LogP contribution in [0.15, 0.2) is 42.5 Å². The number of carbonyl (C=O) groups is 1. The first-order valence-corrected chi connectivity index (χ1v) is 8.25. The summed E-state index contributed by atoms with van der Waals surface area (Å²) >= 11 is 6.15. The van der Waals surface area contributed by atoms with Crippen molar-refractivity contribution in [3.63, 3.8) is 0 Å². The lowest BCUT2D eigenvalue weighted by Gasteiger charge is -2.13. The summed E-state index contributed by atoms with van der Waals surface area (Å²) in [6.07, 6.45) is 1.28. The van der Waals surface area contributed by atoms with Crippen molar-refractivity contribution in [3.8, 4) is 11.4 Å². The molecule has 0 spiro atoms. The molecule has 2 heterocycles. The molecule has 24 heavy (non-hydrogen) atoms. The standard InChI is InChI=1S/C18H16ClN3O2/c19-11-7-8-13(22-18(23)16-6-3-9-24-16)12(10-11)17-20-14-4-1-2-5-15(14)21-17/h1-2,4-5,7-8,10,16H,3,6,9H2,(H,20,21)(H,22,23)/t16-/m0/s1. The first kappa shape index (κ1) is 15.2. The molecule has 0 radical (unpaired) electrons. The lowest BCUT2D eigenvalue weighted by atomic mass is 10.1. The van der Waals surface area contributed by atoms with Crippen molar-refractivity contribution < 1.29 is 9.53 Å². The van der Waals surface area contributed by atoms with Crippen molar-refractivity contribution >= 4 is 34.2 Å². The second-order valence-electron chi connectivity index (χ2n) is 5.78. The van der Waals surface area contributed by atoms with Crippen LogP contribution in [0.3, 0.4) is 0 Å². The van der Waals surface area contributed by atoms with Crippen molar-refractivity contribution in [1.82, 2.24) is 9.97 Å². The number of para-hydroxylation sites is 2. The smallest absolute Gasteiger partial charge is 0.253 e. The molecule has 6 heteroatoms. The maximum Gasteiger partial charge on any atom is 0.253 e.